The minimum Gasteiger partial charge on any atom is -0.492 e. The molecule has 1 saturated heterocycles. The van der Waals surface area contributed by atoms with E-state index in [0.29, 0.717) is 17.7 Å². The Morgan fingerprint density at radius 3 is 2.47 bits per heavy atom. The molecule has 3 heteroatoms. The quantitative estimate of drug-likeness (QED) is 0.581. The molecule has 102 valence electrons. The van der Waals surface area contributed by atoms with E-state index in [-0.39, 0.29) is 5.78 Å². The van der Waals surface area contributed by atoms with Crippen LogP contribution in [0, 0.1) is 0 Å². The second-order valence-corrected chi connectivity index (χ2v) is 5.03. The number of ketones is 1. The van der Waals surface area contributed by atoms with Gasteiger partial charge in [-0.2, -0.15) is 0 Å². The van der Waals surface area contributed by atoms with Gasteiger partial charge in [0.15, 0.2) is 5.78 Å². The van der Waals surface area contributed by atoms with E-state index in [4.69, 9.17) is 4.74 Å². The van der Waals surface area contributed by atoms with Crippen molar-refractivity contribution in [3.05, 3.63) is 42.0 Å². The average Bonchev–Trinajstić information content (AvgIpc) is 2.92. The van der Waals surface area contributed by atoms with Crippen LogP contribution in [0.25, 0.3) is 0 Å². The molecule has 0 amide bonds. The lowest BCUT2D eigenvalue weighted by molar-refractivity contribution is 0.103. The Morgan fingerprint density at radius 1 is 1.26 bits per heavy atom. The van der Waals surface area contributed by atoms with E-state index in [1.807, 2.05) is 12.1 Å². The lowest BCUT2D eigenvalue weighted by Crippen LogP contribution is -2.25. The maximum atomic E-state index is 11.7. The molecule has 0 aliphatic carbocycles. The zero-order valence-electron chi connectivity index (χ0n) is 11.5. The van der Waals surface area contributed by atoms with E-state index in [1.165, 1.54) is 25.9 Å². The first-order valence-corrected chi connectivity index (χ1v) is 6.82. The van der Waals surface area contributed by atoms with Gasteiger partial charge in [0.1, 0.15) is 12.4 Å². The predicted octanol–water partition coefficient (Wildman–Crippen LogP) is 2.92. The molecule has 0 saturated carbocycles. The number of likely N-dealkylation sites (tertiary alicyclic amines) is 1. The van der Waals surface area contributed by atoms with Gasteiger partial charge in [0.25, 0.3) is 0 Å². The molecule has 0 aromatic heterocycles. The summed E-state index contributed by atoms with van der Waals surface area (Å²) in [5.41, 5.74) is 1.22. The monoisotopic (exact) mass is 259 g/mol. The molecule has 1 aliphatic heterocycles. The topological polar surface area (TPSA) is 29.5 Å². The summed E-state index contributed by atoms with van der Waals surface area (Å²) in [7, 11) is 0. The van der Waals surface area contributed by atoms with E-state index in [1.54, 1.807) is 19.1 Å². The highest BCUT2D eigenvalue weighted by Gasteiger charge is 2.11. The van der Waals surface area contributed by atoms with Gasteiger partial charge in [-0.1, -0.05) is 6.58 Å². The van der Waals surface area contributed by atoms with Gasteiger partial charge in [-0.05, 0) is 62.7 Å². The summed E-state index contributed by atoms with van der Waals surface area (Å²) < 4.78 is 5.69. The summed E-state index contributed by atoms with van der Waals surface area (Å²) in [6.07, 6.45) is 2.61. The minimum atomic E-state index is -0.0105. The molecular weight excluding hydrogens is 238 g/mol. The second kappa shape index (κ2) is 6.53. The molecule has 0 radical (unpaired) electrons. The Kier molecular flexibility index (Phi) is 4.74. The minimum absolute atomic E-state index is 0.0105. The Bertz CT molecular complexity index is 444. The number of hydrogen-bond acceptors (Lipinski definition) is 3. The molecular formula is C16H21NO2. The van der Waals surface area contributed by atoms with Gasteiger partial charge in [0.05, 0.1) is 0 Å². The molecule has 0 bridgehead atoms. The number of carbonyl (C=O) groups excluding carboxylic acids is 1. The molecule has 0 N–H and O–H groups in total. The summed E-state index contributed by atoms with van der Waals surface area (Å²) in [4.78, 5) is 14.1. The normalized spacial score (nSPS) is 15.4. The average molecular weight is 259 g/mol. The van der Waals surface area contributed by atoms with Crippen molar-refractivity contribution in [3.63, 3.8) is 0 Å². The van der Waals surface area contributed by atoms with Crippen molar-refractivity contribution in [1.82, 2.24) is 4.90 Å². The van der Waals surface area contributed by atoms with Crippen molar-refractivity contribution in [2.24, 2.45) is 0 Å². The van der Waals surface area contributed by atoms with E-state index < -0.39 is 0 Å². The molecule has 1 aliphatic rings. The van der Waals surface area contributed by atoms with Crippen LogP contribution in [0.1, 0.15) is 30.1 Å². The van der Waals surface area contributed by atoms with Crippen LogP contribution in [0.15, 0.2) is 36.4 Å². The summed E-state index contributed by atoms with van der Waals surface area (Å²) >= 11 is 0. The van der Waals surface area contributed by atoms with Crippen molar-refractivity contribution >= 4 is 5.78 Å². The van der Waals surface area contributed by atoms with Crippen LogP contribution >= 0.6 is 0 Å². The number of rotatable bonds is 6. The smallest absolute Gasteiger partial charge is 0.188 e. The fourth-order valence-corrected chi connectivity index (χ4v) is 2.25. The van der Waals surface area contributed by atoms with Crippen LogP contribution in [0.4, 0.5) is 0 Å². The first-order chi connectivity index (χ1) is 9.16. The van der Waals surface area contributed by atoms with Gasteiger partial charge >= 0.3 is 0 Å². The SMILES string of the molecule is C=C(C)C(=O)c1ccc(OCCN2CCCC2)cc1. The Labute approximate surface area is 114 Å². The number of ether oxygens (including phenoxy) is 1. The molecule has 2 rings (SSSR count). The van der Waals surface area contributed by atoms with Crippen LogP contribution in [0.3, 0.4) is 0 Å². The molecule has 3 nitrogen and oxygen atoms in total. The molecule has 0 atom stereocenters. The van der Waals surface area contributed by atoms with Crippen molar-refractivity contribution in [2.75, 3.05) is 26.2 Å². The van der Waals surface area contributed by atoms with Crippen LogP contribution < -0.4 is 4.74 Å². The molecule has 1 aromatic carbocycles. The third-order valence-electron chi connectivity index (χ3n) is 3.38. The number of carbonyl (C=O) groups is 1. The lowest BCUT2D eigenvalue weighted by Gasteiger charge is -2.14. The van der Waals surface area contributed by atoms with Gasteiger partial charge in [0, 0.05) is 12.1 Å². The van der Waals surface area contributed by atoms with Gasteiger partial charge in [-0.3, -0.25) is 9.69 Å². The second-order valence-electron chi connectivity index (χ2n) is 5.03. The van der Waals surface area contributed by atoms with Gasteiger partial charge in [0.2, 0.25) is 0 Å². The highest BCUT2D eigenvalue weighted by atomic mass is 16.5. The van der Waals surface area contributed by atoms with E-state index in [2.05, 4.69) is 11.5 Å². The zero-order chi connectivity index (χ0) is 13.7. The number of benzene rings is 1. The third kappa shape index (κ3) is 3.93. The molecule has 0 unspecified atom stereocenters. The van der Waals surface area contributed by atoms with Crippen molar-refractivity contribution < 1.29 is 9.53 Å². The highest BCUT2D eigenvalue weighted by molar-refractivity contribution is 6.07. The van der Waals surface area contributed by atoms with Gasteiger partial charge < -0.3 is 4.74 Å². The van der Waals surface area contributed by atoms with Crippen molar-refractivity contribution in [1.29, 1.82) is 0 Å². The molecule has 19 heavy (non-hydrogen) atoms. The van der Waals surface area contributed by atoms with Gasteiger partial charge in [-0.25, -0.2) is 0 Å². The molecule has 1 heterocycles. The standard InChI is InChI=1S/C16H21NO2/c1-13(2)16(18)14-5-7-15(8-6-14)19-12-11-17-9-3-4-10-17/h5-8H,1,3-4,9-12H2,2H3. The fourth-order valence-electron chi connectivity index (χ4n) is 2.25. The Morgan fingerprint density at radius 2 is 1.89 bits per heavy atom. The number of hydrogen-bond donors (Lipinski definition) is 0. The van der Waals surface area contributed by atoms with Crippen LogP contribution in [-0.2, 0) is 0 Å². The molecule has 0 spiro atoms. The van der Waals surface area contributed by atoms with Crippen molar-refractivity contribution in [3.8, 4) is 5.75 Å². The molecule has 1 fully saturated rings. The zero-order valence-corrected chi connectivity index (χ0v) is 11.5. The van der Waals surface area contributed by atoms with E-state index in [0.717, 1.165) is 12.3 Å². The number of nitrogens with zero attached hydrogens (tertiary/aromatic N) is 1. The van der Waals surface area contributed by atoms with Crippen LogP contribution in [0.2, 0.25) is 0 Å². The van der Waals surface area contributed by atoms with E-state index in [9.17, 15) is 4.79 Å². The largest absolute Gasteiger partial charge is 0.492 e. The van der Waals surface area contributed by atoms with Crippen molar-refractivity contribution in [2.45, 2.75) is 19.8 Å². The molecule has 1 aromatic rings. The maximum Gasteiger partial charge on any atom is 0.188 e. The maximum absolute atomic E-state index is 11.7. The number of Topliss-reactive ketones (excluding diaryl/α,β-unsaturated/α-hetero) is 1. The first kappa shape index (κ1) is 13.8. The third-order valence-corrected chi connectivity index (χ3v) is 3.38. The Balaban J connectivity index is 1.81. The summed E-state index contributed by atoms with van der Waals surface area (Å²) in [6.45, 7) is 9.45. The lowest BCUT2D eigenvalue weighted by atomic mass is 10.1. The summed E-state index contributed by atoms with van der Waals surface area (Å²) in [5, 5.41) is 0. The first-order valence-electron chi connectivity index (χ1n) is 6.82. The fraction of sp³-hybridized carbons (Fsp3) is 0.438. The predicted molar refractivity (Wildman–Crippen MR) is 76.8 cm³/mol. The highest BCUT2D eigenvalue weighted by Crippen LogP contribution is 2.15. The van der Waals surface area contributed by atoms with E-state index >= 15 is 0 Å². The van der Waals surface area contributed by atoms with Gasteiger partial charge in [-0.15, -0.1) is 0 Å². The van der Waals surface area contributed by atoms with Crippen LogP contribution in [-0.4, -0.2) is 36.9 Å². The summed E-state index contributed by atoms with van der Waals surface area (Å²) in [6, 6.07) is 7.28. The summed E-state index contributed by atoms with van der Waals surface area (Å²) in [5.74, 6) is 0.807. The Hall–Kier alpha value is -1.61. The number of allylic oxidation sites excluding steroid dienone is 1. The van der Waals surface area contributed by atoms with Crippen LogP contribution in [0.5, 0.6) is 5.75 Å².